The summed E-state index contributed by atoms with van der Waals surface area (Å²) in [5.41, 5.74) is 2.95. The Morgan fingerprint density at radius 1 is 0.935 bits per heavy atom. The van der Waals surface area contributed by atoms with Crippen molar-refractivity contribution < 1.29 is 14.7 Å². The van der Waals surface area contributed by atoms with Gasteiger partial charge in [0.15, 0.2) is 5.78 Å². The van der Waals surface area contributed by atoms with E-state index in [-0.39, 0.29) is 23.0 Å². The van der Waals surface area contributed by atoms with Gasteiger partial charge in [-0.05, 0) is 54.8 Å². The van der Waals surface area contributed by atoms with Crippen LogP contribution in [0.3, 0.4) is 0 Å². The number of aryl methyl sites for hydroxylation is 1. The van der Waals surface area contributed by atoms with Gasteiger partial charge < -0.3 is 10.4 Å². The van der Waals surface area contributed by atoms with Crippen LogP contribution in [0.1, 0.15) is 27.9 Å². The largest absolute Gasteiger partial charge is 0.507 e. The molecule has 0 atom stereocenters. The maximum atomic E-state index is 12.6. The van der Waals surface area contributed by atoms with Crippen LogP contribution in [0.15, 0.2) is 95.7 Å². The lowest BCUT2D eigenvalue weighted by molar-refractivity contribution is -0.116. The molecule has 0 saturated carbocycles. The van der Waals surface area contributed by atoms with E-state index in [0.717, 1.165) is 18.4 Å². The first-order valence-corrected chi connectivity index (χ1v) is 9.90. The zero-order valence-corrected chi connectivity index (χ0v) is 17.0. The molecule has 3 aromatic carbocycles. The number of hydrogen-bond acceptors (Lipinski definition) is 5. The van der Waals surface area contributed by atoms with E-state index in [1.54, 1.807) is 30.3 Å². The molecule has 0 bridgehead atoms. The third-order valence-electron chi connectivity index (χ3n) is 4.60. The maximum absolute atomic E-state index is 12.6. The number of aromatic hydroxyl groups is 1. The highest BCUT2D eigenvalue weighted by molar-refractivity contribution is 6.11. The van der Waals surface area contributed by atoms with Crippen molar-refractivity contribution in [3.63, 3.8) is 0 Å². The van der Waals surface area contributed by atoms with Gasteiger partial charge in [-0.1, -0.05) is 49.0 Å². The van der Waals surface area contributed by atoms with Gasteiger partial charge in [0.2, 0.25) is 5.91 Å². The lowest BCUT2D eigenvalue weighted by Gasteiger charge is -2.05. The van der Waals surface area contributed by atoms with Crippen LogP contribution in [0.5, 0.6) is 5.75 Å². The average molecular weight is 413 g/mol. The van der Waals surface area contributed by atoms with Crippen LogP contribution < -0.4 is 5.32 Å². The Kier molecular flexibility index (Phi) is 7.43. The van der Waals surface area contributed by atoms with E-state index >= 15 is 0 Å². The highest BCUT2D eigenvalue weighted by Gasteiger charge is 2.14. The number of nitrogens with zero attached hydrogens (tertiary/aromatic N) is 2. The van der Waals surface area contributed by atoms with Crippen molar-refractivity contribution in [2.75, 3.05) is 6.54 Å². The van der Waals surface area contributed by atoms with Crippen LogP contribution >= 0.6 is 0 Å². The molecule has 3 rings (SSSR count). The van der Waals surface area contributed by atoms with Crippen molar-refractivity contribution in [1.29, 1.82) is 0 Å². The highest BCUT2D eigenvalue weighted by Crippen LogP contribution is 2.27. The molecular weight excluding hydrogens is 390 g/mol. The van der Waals surface area contributed by atoms with Gasteiger partial charge in [-0.15, -0.1) is 0 Å². The number of nitrogens with one attached hydrogen (secondary N) is 1. The van der Waals surface area contributed by atoms with Crippen molar-refractivity contribution in [3.8, 4) is 5.75 Å². The molecule has 6 heteroatoms. The molecule has 2 N–H and O–H groups in total. The van der Waals surface area contributed by atoms with E-state index in [0.29, 0.717) is 23.5 Å². The monoisotopic (exact) mass is 413 g/mol. The summed E-state index contributed by atoms with van der Waals surface area (Å²) in [5.74, 6) is -0.538. The number of rotatable bonds is 9. The molecule has 156 valence electrons. The molecule has 0 heterocycles. The molecule has 0 saturated heterocycles. The van der Waals surface area contributed by atoms with Gasteiger partial charge in [-0.2, -0.15) is 10.2 Å². The zero-order valence-electron chi connectivity index (χ0n) is 17.0. The lowest BCUT2D eigenvalue weighted by atomic mass is 10.0. The van der Waals surface area contributed by atoms with Crippen molar-refractivity contribution in [3.05, 3.63) is 102 Å². The topological polar surface area (TPSA) is 91.1 Å². The summed E-state index contributed by atoms with van der Waals surface area (Å²) in [6.07, 6.45) is 2.92. The molecule has 0 fully saturated rings. The van der Waals surface area contributed by atoms with E-state index in [1.807, 2.05) is 30.3 Å². The Bertz CT molecular complexity index is 1090. The van der Waals surface area contributed by atoms with Crippen molar-refractivity contribution in [2.24, 2.45) is 10.2 Å². The first-order valence-electron chi connectivity index (χ1n) is 9.90. The molecule has 1 amide bonds. The Morgan fingerprint density at radius 2 is 1.61 bits per heavy atom. The van der Waals surface area contributed by atoms with Crippen LogP contribution in [0.25, 0.3) is 0 Å². The third kappa shape index (κ3) is 6.21. The smallest absolute Gasteiger partial charge is 0.243 e. The number of hydrogen-bond donors (Lipinski definition) is 2. The molecule has 0 aromatic heterocycles. The number of ketones is 1. The van der Waals surface area contributed by atoms with Gasteiger partial charge in [-0.3, -0.25) is 9.59 Å². The molecular formula is C25H23N3O3. The zero-order chi connectivity index (χ0) is 22.1. The summed E-state index contributed by atoms with van der Waals surface area (Å²) in [6.45, 7) is 4.01. The van der Waals surface area contributed by atoms with Gasteiger partial charge in [-0.25, -0.2) is 0 Å². The second-order valence-electron chi connectivity index (χ2n) is 6.86. The molecule has 0 radical (unpaired) electrons. The SMILES string of the molecule is C=CC(=O)NCCCc1ccc(/N=N/c2ccc(O)c(C(=O)c3ccccc3)c2)cc1. The second-order valence-corrected chi connectivity index (χ2v) is 6.86. The minimum atomic E-state index is -0.274. The fourth-order valence-corrected chi connectivity index (χ4v) is 2.93. The molecule has 0 aliphatic carbocycles. The van der Waals surface area contributed by atoms with E-state index < -0.39 is 0 Å². The van der Waals surface area contributed by atoms with E-state index in [9.17, 15) is 14.7 Å². The summed E-state index contributed by atoms with van der Waals surface area (Å²) >= 11 is 0. The number of amides is 1. The number of carbonyl (C=O) groups excluding carboxylic acids is 2. The fourth-order valence-electron chi connectivity index (χ4n) is 2.93. The quantitative estimate of drug-likeness (QED) is 0.217. The predicted molar refractivity (Wildman–Crippen MR) is 120 cm³/mol. The summed E-state index contributed by atoms with van der Waals surface area (Å²) in [6, 6.07) is 21.0. The highest BCUT2D eigenvalue weighted by atomic mass is 16.3. The fraction of sp³-hybridized carbons (Fsp3) is 0.120. The second kappa shape index (κ2) is 10.6. The first kappa shape index (κ1) is 21.6. The van der Waals surface area contributed by atoms with Gasteiger partial charge in [0, 0.05) is 12.1 Å². The molecule has 0 aliphatic heterocycles. The van der Waals surface area contributed by atoms with E-state index in [1.165, 1.54) is 18.2 Å². The Hall–Kier alpha value is -4.06. The van der Waals surface area contributed by atoms with Crippen molar-refractivity contribution in [2.45, 2.75) is 12.8 Å². The van der Waals surface area contributed by atoms with Gasteiger partial charge in [0.05, 0.1) is 16.9 Å². The summed E-state index contributed by atoms with van der Waals surface area (Å²) in [7, 11) is 0. The van der Waals surface area contributed by atoms with Crippen LogP contribution in [-0.2, 0) is 11.2 Å². The molecule has 3 aromatic rings. The van der Waals surface area contributed by atoms with Crippen LogP contribution in [0, 0.1) is 0 Å². The Balaban J connectivity index is 1.63. The van der Waals surface area contributed by atoms with Crippen LogP contribution in [0.4, 0.5) is 11.4 Å². The molecule has 0 unspecified atom stereocenters. The average Bonchev–Trinajstić information content (AvgIpc) is 2.82. The van der Waals surface area contributed by atoms with E-state index in [4.69, 9.17) is 0 Å². The van der Waals surface area contributed by atoms with Crippen molar-refractivity contribution >= 4 is 23.1 Å². The van der Waals surface area contributed by atoms with Crippen LogP contribution in [0.2, 0.25) is 0 Å². The minimum Gasteiger partial charge on any atom is -0.507 e. The molecule has 0 aliphatic rings. The first-order chi connectivity index (χ1) is 15.1. The van der Waals surface area contributed by atoms with Gasteiger partial charge >= 0.3 is 0 Å². The summed E-state index contributed by atoms with van der Waals surface area (Å²) in [4.78, 5) is 23.8. The summed E-state index contributed by atoms with van der Waals surface area (Å²) < 4.78 is 0. The number of azo groups is 1. The standard InChI is InChI=1S/C25H23N3O3/c1-2-24(30)26-16-6-7-18-10-12-20(13-11-18)27-28-21-14-15-23(29)22(17-21)25(31)19-8-4-3-5-9-19/h2-5,8-15,17,29H,1,6-7,16H2,(H,26,30)/b28-27+. The number of carbonyl (C=O) groups is 2. The Morgan fingerprint density at radius 3 is 2.32 bits per heavy atom. The summed E-state index contributed by atoms with van der Waals surface area (Å²) in [5, 5.41) is 21.2. The lowest BCUT2D eigenvalue weighted by Crippen LogP contribution is -2.22. The number of phenols is 1. The van der Waals surface area contributed by atoms with Crippen molar-refractivity contribution in [1.82, 2.24) is 5.32 Å². The van der Waals surface area contributed by atoms with Gasteiger partial charge in [0.1, 0.15) is 5.75 Å². The van der Waals surface area contributed by atoms with E-state index in [2.05, 4.69) is 22.1 Å². The third-order valence-corrected chi connectivity index (χ3v) is 4.60. The molecule has 0 spiro atoms. The Labute approximate surface area is 181 Å². The van der Waals surface area contributed by atoms with Gasteiger partial charge in [0.25, 0.3) is 0 Å². The normalized spacial score (nSPS) is 10.7. The maximum Gasteiger partial charge on any atom is 0.243 e. The molecule has 31 heavy (non-hydrogen) atoms. The van der Waals surface area contributed by atoms with Crippen LogP contribution in [-0.4, -0.2) is 23.3 Å². The minimum absolute atomic E-state index is 0.0959. The molecule has 6 nitrogen and oxygen atoms in total. The number of phenolic OH excluding ortho intramolecular Hbond substituents is 1. The number of benzene rings is 3. The predicted octanol–water partition coefficient (Wildman–Crippen LogP) is 5.27.